The minimum Gasteiger partial charge on any atom is -0.338 e. The lowest BCUT2D eigenvalue weighted by Gasteiger charge is -2.25. The van der Waals surface area contributed by atoms with Crippen LogP contribution in [0.3, 0.4) is 0 Å². The Balaban J connectivity index is 1.39. The number of hydrogen-bond acceptors (Lipinski definition) is 3. The first-order valence-corrected chi connectivity index (χ1v) is 10.0. The topological polar surface area (TPSA) is 61.4 Å². The molecular formula is C18H27N3O2S. The number of amides is 3. The van der Waals surface area contributed by atoms with Gasteiger partial charge >= 0.3 is 6.03 Å². The predicted octanol–water partition coefficient (Wildman–Crippen LogP) is 3.43. The van der Waals surface area contributed by atoms with Crippen molar-refractivity contribution in [2.45, 2.75) is 63.5 Å². The van der Waals surface area contributed by atoms with Gasteiger partial charge in [-0.25, -0.2) is 4.79 Å². The van der Waals surface area contributed by atoms with Gasteiger partial charge in [0.05, 0.1) is 6.04 Å². The highest BCUT2D eigenvalue weighted by Crippen LogP contribution is 2.33. The monoisotopic (exact) mass is 349 g/mol. The van der Waals surface area contributed by atoms with Gasteiger partial charge < -0.3 is 15.5 Å². The van der Waals surface area contributed by atoms with E-state index in [4.69, 9.17) is 0 Å². The van der Waals surface area contributed by atoms with Crippen LogP contribution < -0.4 is 10.6 Å². The summed E-state index contributed by atoms with van der Waals surface area (Å²) in [6.07, 6.45) is 8.28. The highest BCUT2D eigenvalue weighted by molar-refractivity contribution is 7.07. The van der Waals surface area contributed by atoms with Crippen LogP contribution in [0.1, 0.15) is 63.0 Å². The lowest BCUT2D eigenvalue weighted by atomic mass is 9.96. The fraction of sp³-hybridized carbons (Fsp3) is 0.667. The molecule has 2 heterocycles. The summed E-state index contributed by atoms with van der Waals surface area (Å²) in [4.78, 5) is 26.4. The Morgan fingerprint density at radius 1 is 1.17 bits per heavy atom. The van der Waals surface area contributed by atoms with Crippen LogP contribution in [-0.4, -0.2) is 36.0 Å². The van der Waals surface area contributed by atoms with Gasteiger partial charge in [-0.2, -0.15) is 11.3 Å². The molecule has 2 aliphatic rings. The summed E-state index contributed by atoms with van der Waals surface area (Å²) in [7, 11) is 0. The maximum atomic E-state index is 12.5. The Kier molecular flexibility index (Phi) is 6.12. The molecule has 6 heteroatoms. The summed E-state index contributed by atoms with van der Waals surface area (Å²) < 4.78 is 0. The zero-order valence-electron chi connectivity index (χ0n) is 14.1. The molecule has 3 amide bonds. The zero-order chi connectivity index (χ0) is 16.8. The molecule has 1 aliphatic carbocycles. The number of thiophene rings is 1. The molecule has 0 bridgehead atoms. The highest BCUT2D eigenvalue weighted by atomic mass is 32.1. The Labute approximate surface area is 147 Å². The summed E-state index contributed by atoms with van der Waals surface area (Å²) in [6, 6.07) is 2.50. The van der Waals surface area contributed by atoms with E-state index in [0.29, 0.717) is 19.0 Å². The maximum Gasteiger partial charge on any atom is 0.315 e. The fourth-order valence-corrected chi connectivity index (χ4v) is 4.49. The first kappa shape index (κ1) is 17.3. The summed E-state index contributed by atoms with van der Waals surface area (Å²) in [5.74, 6) is 0.140. The van der Waals surface area contributed by atoms with E-state index in [1.165, 1.54) is 24.8 Å². The van der Waals surface area contributed by atoms with Crippen LogP contribution in [0, 0.1) is 0 Å². The van der Waals surface area contributed by atoms with E-state index in [9.17, 15) is 9.59 Å². The number of carbonyl (C=O) groups excluding carboxylic acids is 2. The fourth-order valence-electron chi connectivity index (χ4n) is 3.79. The molecule has 1 aromatic rings. The molecule has 1 aliphatic heterocycles. The van der Waals surface area contributed by atoms with Gasteiger partial charge in [0.25, 0.3) is 0 Å². The average molecular weight is 350 g/mol. The molecule has 2 fully saturated rings. The third-order valence-electron chi connectivity index (χ3n) is 5.07. The van der Waals surface area contributed by atoms with Crippen molar-refractivity contribution in [3.05, 3.63) is 22.4 Å². The van der Waals surface area contributed by atoms with Crippen molar-refractivity contribution in [1.29, 1.82) is 0 Å². The van der Waals surface area contributed by atoms with Crippen LogP contribution in [0.15, 0.2) is 16.8 Å². The summed E-state index contributed by atoms with van der Waals surface area (Å²) in [5.41, 5.74) is 1.24. The Morgan fingerprint density at radius 3 is 2.75 bits per heavy atom. The number of nitrogens with one attached hydrogen (secondary N) is 2. The van der Waals surface area contributed by atoms with Crippen molar-refractivity contribution >= 4 is 23.3 Å². The molecule has 0 spiro atoms. The quantitative estimate of drug-likeness (QED) is 0.855. The molecule has 1 saturated heterocycles. The number of nitrogens with zero attached hydrogens (tertiary/aromatic N) is 1. The number of carbonyl (C=O) groups is 2. The van der Waals surface area contributed by atoms with Crippen LogP contribution in [0.25, 0.3) is 0 Å². The molecule has 1 atom stereocenters. The SMILES string of the molecule is O=C(NCCC(=O)N1CCC[C@H]1c1ccsc1)NC1CCCCC1. The van der Waals surface area contributed by atoms with Gasteiger partial charge in [0.1, 0.15) is 0 Å². The van der Waals surface area contributed by atoms with Gasteiger partial charge in [0, 0.05) is 25.6 Å². The lowest BCUT2D eigenvalue weighted by Crippen LogP contribution is -2.44. The molecule has 0 aromatic carbocycles. The molecule has 1 aromatic heterocycles. The second-order valence-corrected chi connectivity index (χ2v) is 7.57. The predicted molar refractivity (Wildman–Crippen MR) is 96.0 cm³/mol. The highest BCUT2D eigenvalue weighted by Gasteiger charge is 2.29. The zero-order valence-corrected chi connectivity index (χ0v) is 14.9. The van der Waals surface area contributed by atoms with Crippen molar-refractivity contribution in [1.82, 2.24) is 15.5 Å². The Hall–Kier alpha value is -1.56. The first-order valence-electron chi connectivity index (χ1n) is 9.10. The van der Waals surface area contributed by atoms with Crippen LogP contribution in [-0.2, 0) is 4.79 Å². The first-order chi connectivity index (χ1) is 11.7. The van der Waals surface area contributed by atoms with Gasteiger partial charge in [-0.3, -0.25) is 4.79 Å². The van der Waals surface area contributed by atoms with Gasteiger partial charge in [-0.15, -0.1) is 0 Å². The maximum absolute atomic E-state index is 12.5. The summed E-state index contributed by atoms with van der Waals surface area (Å²) >= 11 is 1.68. The second-order valence-electron chi connectivity index (χ2n) is 6.79. The lowest BCUT2D eigenvalue weighted by molar-refractivity contribution is -0.132. The molecule has 132 valence electrons. The molecule has 5 nitrogen and oxygen atoms in total. The van der Waals surface area contributed by atoms with Crippen LogP contribution in [0.2, 0.25) is 0 Å². The van der Waals surface area contributed by atoms with Gasteiger partial charge in [0.2, 0.25) is 5.91 Å². The molecule has 0 unspecified atom stereocenters. The molecule has 24 heavy (non-hydrogen) atoms. The number of urea groups is 1. The molecule has 0 radical (unpaired) electrons. The number of rotatable bonds is 5. The molecule has 3 rings (SSSR count). The number of likely N-dealkylation sites (tertiary alicyclic amines) is 1. The summed E-state index contributed by atoms with van der Waals surface area (Å²) in [6.45, 7) is 1.23. The Bertz CT molecular complexity index is 540. The van der Waals surface area contributed by atoms with E-state index >= 15 is 0 Å². The molecule has 2 N–H and O–H groups in total. The van der Waals surface area contributed by atoms with Gasteiger partial charge in [-0.1, -0.05) is 19.3 Å². The minimum atomic E-state index is -0.134. The van der Waals surface area contributed by atoms with Crippen molar-refractivity contribution in [2.24, 2.45) is 0 Å². The Morgan fingerprint density at radius 2 is 2.00 bits per heavy atom. The number of hydrogen-bond donors (Lipinski definition) is 2. The summed E-state index contributed by atoms with van der Waals surface area (Å²) in [5, 5.41) is 10.1. The van der Waals surface area contributed by atoms with Crippen molar-refractivity contribution in [2.75, 3.05) is 13.1 Å². The van der Waals surface area contributed by atoms with Crippen LogP contribution in [0.4, 0.5) is 4.79 Å². The smallest absolute Gasteiger partial charge is 0.315 e. The van der Waals surface area contributed by atoms with Crippen molar-refractivity contribution in [3.63, 3.8) is 0 Å². The third kappa shape index (κ3) is 4.50. The normalized spacial score (nSPS) is 21.7. The van der Waals surface area contributed by atoms with E-state index in [0.717, 1.165) is 32.2 Å². The van der Waals surface area contributed by atoms with E-state index in [-0.39, 0.29) is 18.0 Å². The minimum absolute atomic E-state index is 0.134. The van der Waals surface area contributed by atoms with Gasteiger partial charge in [-0.05, 0) is 48.1 Å². The largest absolute Gasteiger partial charge is 0.338 e. The van der Waals surface area contributed by atoms with E-state index in [2.05, 4.69) is 27.5 Å². The molecular weight excluding hydrogens is 322 g/mol. The van der Waals surface area contributed by atoms with Crippen molar-refractivity contribution in [3.8, 4) is 0 Å². The van der Waals surface area contributed by atoms with Crippen molar-refractivity contribution < 1.29 is 9.59 Å². The second kappa shape index (κ2) is 8.51. The van der Waals surface area contributed by atoms with Crippen LogP contribution in [0.5, 0.6) is 0 Å². The van der Waals surface area contributed by atoms with Gasteiger partial charge in [0.15, 0.2) is 0 Å². The molecule has 1 saturated carbocycles. The standard InChI is InChI=1S/C18H27N3O2S/c22-17(21-11-4-7-16(21)14-9-12-24-13-14)8-10-19-18(23)20-15-5-2-1-3-6-15/h9,12-13,15-16H,1-8,10-11H2,(H2,19,20,23)/t16-/m0/s1. The van der Waals surface area contributed by atoms with E-state index in [1.54, 1.807) is 11.3 Å². The van der Waals surface area contributed by atoms with E-state index in [1.807, 2.05) is 4.90 Å². The average Bonchev–Trinajstić information content (AvgIpc) is 3.26. The third-order valence-corrected chi connectivity index (χ3v) is 5.77. The van der Waals surface area contributed by atoms with Crippen LogP contribution >= 0.6 is 11.3 Å². The van der Waals surface area contributed by atoms with E-state index < -0.39 is 0 Å².